The minimum Gasteiger partial charge on any atom is -0.370 e. The molecule has 0 fully saturated rings. The Morgan fingerprint density at radius 1 is 1.56 bits per heavy atom. The molecule has 0 spiro atoms. The van der Waals surface area contributed by atoms with Crippen molar-refractivity contribution in [2.75, 3.05) is 18.9 Å². The van der Waals surface area contributed by atoms with E-state index in [9.17, 15) is 0 Å². The zero-order valence-corrected chi connectivity index (χ0v) is 9.80. The maximum Gasteiger partial charge on any atom is 0.190 e. The van der Waals surface area contributed by atoms with Gasteiger partial charge in [0.25, 0.3) is 0 Å². The van der Waals surface area contributed by atoms with Crippen molar-refractivity contribution in [1.29, 1.82) is 5.41 Å². The van der Waals surface area contributed by atoms with Gasteiger partial charge in [0.1, 0.15) is 0 Å². The van der Waals surface area contributed by atoms with Crippen molar-refractivity contribution in [3.63, 3.8) is 0 Å². The number of nitrogens with one attached hydrogen (secondary N) is 3. The molecule has 0 saturated carbocycles. The van der Waals surface area contributed by atoms with Crippen LogP contribution in [0, 0.1) is 12.3 Å². The summed E-state index contributed by atoms with van der Waals surface area (Å²) in [5.41, 5.74) is 8.13. The van der Waals surface area contributed by atoms with Crippen LogP contribution in [0.3, 0.4) is 0 Å². The fraction of sp³-hybridized carbons (Fsp3) is 0.455. The molecule has 5 N–H and O–H groups in total. The molecule has 5 nitrogen and oxygen atoms in total. The van der Waals surface area contributed by atoms with E-state index >= 15 is 0 Å². The molecule has 1 heterocycles. The molecule has 1 aromatic rings. The van der Waals surface area contributed by atoms with E-state index in [0.29, 0.717) is 0 Å². The van der Waals surface area contributed by atoms with Gasteiger partial charge >= 0.3 is 0 Å². The summed E-state index contributed by atoms with van der Waals surface area (Å²) in [6, 6.07) is 2.00. The first-order valence-electron chi connectivity index (χ1n) is 5.34. The highest BCUT2D eigenvalue weighted by Crippen LogP contribution is 2.14. The number of guanidine groups is 1. The van der Waals surface area contributed by atoms with Crippen LogP contribution in [0.1, 0.15) is 17.7 Å². The molecular formula is C11H19N5. The molecule has 0 saturated heterocycles. The second-order valence-corrected chi connectivity index (χ2v) is 3.72. The van der Waals surface area contributed by atoms with E-state index in [1.807, 2.05) is 26.2 Å². The largest absolute Gasteiger partial charge is 0.370 e. The Bertz CT molecular complexity index is 361. The van der Waals surface area contributed by atoms with Gasteiger partial charge in [-0.3, -0.25) is 10.4 Å². The van der Waals surface area contributed by atoms with Crippen LogP contribution in [0.15, 0.2) is 12.3 Å². The maximum absolute atomic E-state index is 7.20. The van der Waals surface area contributed by atoms with Crippen molar-refractivity contribution in [3.8, 4) is 0 Å². The molecule has 0 aliphatic carbocycles. The van der Waals surface area contributed by atoms with Gasteiger partial charge in [-0.15, -0.1) is 0 Å². The van der Waals surface area contributed by atoms with Crippen LogP contribution >= 0.6 is 0 Å². The predicted octanol–water partition coefficient (Wildman–Crippen LogP) is 0.847. The van der Waals surface area contributed by atoms with Crippen LogP contribution in [0.5, 0.6) is 0 Å². The van der Waals surface area contributed by atoms with Crippen LogP contribution in [0.2, 0.25) is 0 Å². The summed E-state index contributed by atoms with van der Waals surface area (Å²) in [6.07, 6.45) is 3.91. The molecule has 1 aromatic heterocycles. The number of nitrogens with zero attached hydrogens (tertiary/aromatic N) is 1. The standard InChI is InChI=1S/C11H19N5/c1-8-10(16-11(12)13)6-9(7-15-8)4-3-5-14-2/h6-7,14H,3-5H2,1-2H3,(H4,12,13,16). The van der Waals surface area contributed by atoms with Crippen LogP contribution < -0.4 is 16.4 Å². The average molecular weight is 221 g/mol. The minimum atomic E-state index is -0.0581. The highest BCUT2D eigenvalue weighted by molar-refractivity contribution is 5.90. The third-order valence-corrected chi connectivity index (χ3v) is 2.31. The molecule has 0 amide bonds. The lowest BCUT2D eigenvalue weighted by Crippen LogP contribution is -2.21. The van der Waals surface area contributed by atoms with E-state index in [0.717, 1.165) is 36.3 Å². The first kappa shape index (κ1) is 12.4. The number of rotatable bonds is 5. The second-order valence-electron chi connectivity index (χ2n) is 3.72. The molecule has 0 aromatic carbocycles. The topological polar surface area (TPSA) is 86.8 Å². The first-order valence-corrected chi connectivity index (χ1v) is 5.34. The first-order chi connectivity index (χ1) is 7.63. The number of nitrogens with two attached hydrogens (primary N) is 1. The van der Waals surface area contributed by atoms with E-state index in [2.05, 4.69) is 15.6 Å². The summed E-state index contributed by atoms with van der Waals surface area (Å²) >= 11 is 0. The molecule has 0 atom stereocenters. The summed E-state index contributed by atoms with van der Waals surface area (Å²) in [4.78, 5) is 4.28. The van der Waals surface area contributed by atoms with Crippen molar-refractivity contribution in [3.05, 3.63) is 23.5 Å². The molecule has 0 unspecified atom stereocenters. The molecule has 0 aliphatic heterocycles. The van der Waals surface area contributed by atoms with Gasteiger partial charge in [0.15, 0.2) is 5.96 Å². The van der Waals surface area contributed by atoms with Gasteiger partial charge in [-0.1, -0.05) is 0 Å². The van der Waals surface area contributed by atoms with Gasteiger partial charge in [0.2, 0.25) is 0 Å². The van der Waals surface area contributed by atoms with Gasteiger partial charge in [-0.25, -0.2) is 0 Å². The second kappa shape index (κ2) is 6.07. The number of hydrogen-bond donors (Lipinski definition) is 4. The van der Waals surface area contributed by atoms with Gasteiger partial charge in [-0.2, -0.15) is 0 Å². The molecule has 16 heavy (non-hydrogen) atoms. The smallest absolute Gasteiger partial charge is 0.190 e. The summed E-state index contributed by atoms with van der Waals surface area (Å²) in [6.45, 7) is 2.88. The lowest BCUT2D eigenvalue weighted by atomic mass is 10.1. The zero-order valence-electron chi connectivity index (χ0n) is 9.80. The third kappa shape index (κ3) is 3.86. The van der Waals surface area contributed by atoms with Crippen molar-refractivity contribution in [1.82, 2.24) is 10.3 Å². The Labute approximate surface area is 96.0 Å². The van der Waals surface area contributed by atoms with E-state index in [4.69, 9.17) is 11.1 Å². The van der Waals surface area contributed by atoms with Crippen molar-refractivity contribution >= 4 is 11.6 Å². The minimum absolute atomic E-state index is 0.0581. The summed E-state index contributed by atoms with van der Waals surface area (Å²) in [5, 5.41) is 13.1. The molecule has 5 heteroatoms. The lowest BCUT2D eigenvalue weighted by Gasteiger charge is -2.09. The van der Waals surface area contributed by atoms with Crippen LogP contribution in [-0.4, -0.2) is 24.5 Å². The van der Waals surface area contributed by atoms with Gasteiger partial charge < -0.3 is 16.4 Å². The molecule has 0 bridgehead atoms. The number of aromatic nitrogens is 1. The predicted molar refractivity (Wildman–Crippen MR) is 66.8 cm³/mol. The van der Waals surface area contributed by atoms with E-state index in [1.54, 1.807) is 0 Å². The fourth-order valence-electron chi connectivity index (χ4n) is 1.45. The summed E-state index contributed by atoms with van der Waals surface area (Å²) in [5.74, 6) is -0.0581. The quantitative estimate of drug-likeness (QED) is 0.337. The Morgan fingerprint density at radius 3 is 2.94 bits per heavy atom. The molecule has 0 radical (unpaired) electrons. The van der Waals surface area contributed by atoms with E-state index < -0.39 is 0 Å². The van der Waals surface area contributed by atoms with Gasteiger partial charge in [0, 0.05) is 6.20 Å². The van der Waals surface area contributed by atoms with Gasteiger partial charge in [-0.05, 0) is 45.0 Å². The number of hydrogen-bond acceptors (Lipinski definition) is 3. The molecule has 88 valence electrons. The normalized spacial score (nSPS) is 10.1. The van der Waals surface area contributed by atoms with E-state index in [1.165, 1.54) is 0 Å². The lowest BCUT2D eigenvalue weighted by molar-refractivity contribution is 0.723. The maximum atomic E-state index is 7.20. The summed E-state index contributed by atoms with van der Waals surface area (Å²) < 4.78 is 0. The number of anilines is 1. The number of aryl methyl sites for hydroxylation is 2. The average Bonchev–Trinajstić information content (AvgIpc) is 2.22. The van der Waals surface area contributed by atoms with E-state index in [-0.39, 0.29) is 5.96 Å². The highest BCUT2D eigenvalue weighted by atomic mass is 15.1. The van der Waals surface area contributed by atoms with Crippen LogP contribution in [0.4, 0.5) is 5.69 Å². The fourth-order valence-corrected chi connectivity index (χ4v) is 1.45. The summed E-state index contributed by atoms with van der Waals surface area (Å²) in [7, 11) is 1.94. The van der Waals surface area contributed by atoms with Crippen LogP contribution in [-0.2, 0) is 6.42 Å². The van der Waals surface area contributed by atoms with Crippen LogP contribution in [0.25, 0.3) is 0 Å². The Morgan fingerprint density at radius 2 is 2.31 bits per heavy atom. The Kier molecular flexibility index (Phi) is 4.72. The zero-order chi connectivity index (χ0) is 12.0. The van der Waals surface area contributed by atoms with Crippen molar-refractivity contribution < 1.29 is 0 Å². The third-order valence-electron chi connectivity index (χ3n) is 2.31. The van der Waals surface area contributed by atoms with Gasteiger partial charge in [0.05, 0.1) is 11.4 Å². The Hall–Kier alpha value is -1.62. The SMILES string of the molecule is CNCCCc1cnc(C)c(NC(=N)N)c1. The highest BCUT2D eigenvalue weighted by Gasteiger charge is 2.02. The van der Waals surface area contributed by atoms with Crippen molar-refractivity contribution in [2.24, 2.45) is 5.73 Å². The Balaban J connectivity index is 2.69. The molecule has 1 rings (SSSR count). The number of pyridine rings is 1. The van der Waals surface area contributed by atoms with Crippen molar-refractivity contribution in [2.45, 2.75) is 19.8 Å². The molecule has 0 aliphatic rings. The molecular weight excluding hydrogens is 202 g/mol. The monoisotopic (exact) mass is 221 g/mol.